The number of aldehydes is 1. The molecule has 1 aromatic carbocycles. The third kappa shape index (κ3) is 2.56. The molecular formula is C14H16O3. The Balaban J connectivity index is 2.22. The van der Waals surface area contributed by atoms with Crippen LogP contribution in [-0.4, -0.2) is 23.1 Å². The maximum atomic E-state index is 10.3. The number of carbonyl (C=O) groups is 1. The topological polar surface area (TPSA) is 46.5 Å². The summed E-state index contributed by atoms with van der Waals surface area (Å²) in [5.74, 6) is 0.820. The highest BCUT2D eigenvalue weighted by Gasteiger charge is 2.34. The number of benzene rings is 1. The molecule has 17 heavy (non-hydrogen) atoms. The number of hydrogen-bond acceptors (Lipinski definition) is 3. The summed E-state index contributed by atoms with van der Waals surface area (Å²) in [6.45, 7) is 3.49. The van der Waals surface area contributed by atoms with Crippen LogP contribution in [0.25, 0.3) is 6.08 Å². The van der Waals surface area contributed by atoms with Crippen molar-refractivity contribution in [2.24, 2.45) is 0 Å². The summed E-state index contributed by atoms with van der Waals surface area (Å²) < 4.78 is 5.69. The Kier molecular flexibility index (Phi) is 3.03. The lowest BCUT2D eigenvalue weighted by molar-refractivity contribution is -0.104. The lowest BCUT2D eigenvalue weighted by atomic mass is 9.96. The predicted molar refractivity (Wildman–Crippen MR) is 66.0 cm³/mol. The first-order valence-corrected chi connectivity index (χ1v) is 5.64. The minimum atomic E-state index is -0.849. The Morgan fingerprint density at radius 3 is 2.88 bits per heavy atom. The van der Waals surface area contributed by atoms with Crippen LogP contribution in [0.5, 0.6) is 5.75 Å². The highest BCUT2D eigenvalue weighted by Crippen LogP contribution is 2.33. The van der Waals surface area contributed by atoms with E-state index in [1.807, 2.05) is 18.2 Å². The molecule has 0 saturated carbocycles. The van der Waals surface area contributed by atoms with Crippen LogP contribution in [0.2, 0.25) is 0 Å². The van der Waals surface area contributed by atoms with E-state index in [1.165, 1.54) is 6.08 Å². The third-order valence-corrected chi connectivity index (χ3v) is 2.91. The molecule has 2 rings (SSSR count). The molecule has 1 heterocycles. The van der Waals surface area contributed by atoms with Crippen LogP contribution >= 0.6 is 0 Å². The average molecular weight is 232 g/mol. The molecule has 0 aliphatic carbocycles. The summed E-state index contributed by atoms with van der Waals surface area (Å²) >= 11 is 0. The molecule has 1 aromatic rings. The van der Waals surface area contributed by atoms with Gasteiger partial charge in [-0.05, 0) is 43.2 Å². The average Bonchev–Trinajstić information content (AvgIpc) is 2.68. The molecule has 0 spiro atoms. The second-order valence-corrected chi connectivity index (χ2v) is 4.83. The Morgan fingerprint density at radius 1 is 1.47 bits per heavy atom. The highest BCUT2D eigenvalue weighted by atomic mass is 16.5. The monoisotopic (exact) mass is 232 g/mol. The zero-order valence-electron chi connectivity index (χ0n) is 10.0. The molecule has 0 amide bonds. The number of carbonyl (C=O) groups excluding carboxylic acids is 1. The standard InChI is InChI=1S/C14H16O3/c1-14(2,16)13-9-11-8-10(4-3-7-15)5-6-12(11)17-13/h3-8,13,16H,9H2,1-2H3/b4-3-/t13-/m0/s1. The summed E-state index contributed by atoms with van der Waals surface area (Å²) in [4.78, 5) is 10.3. The van der Waals surface area contributed by atoms with Crippen LogP contribution < -0.4 is 4.74 Å². The molecule has 3 heteroatoms. The van der Waals surface area contributed by atoms with E-state index in [0.717, 1.165) is 23.2 Å². The van der Waals surface area contributed by atoms with Gasteiger partial charge >= 0.3 is 0 Å². The first-order valence-electron chi connectivity index (χ1n) is 5.64. The van der Waals surface area contributed by atoms with Crippen molar-refractivity contribution in [3.63, 3.8) is 0 Å². The van der Waals surface area contributed by atoms with E-state index in [1.54, 1.807) is 19.9 Å². The fourth-order valence-electron chi connectivity index (χ4n) is 1.92. The molecule has 0 unspecified atom stereocenters. The van der Waals surface area contributed by atoms with Crippen molar-refractivity contribution in [2.75, 3.05) is 0 Å². The summed E-state index contributed by atoms with van der Waals surface area (Å²) in [6, 6.07) is 5.76. The molecule has 3 nitrogen and oxygen atoms in total. The molecule has 1 aliphatic heterocycles. The lowest BCUT2D eigenvalue weighted by Crippen LogP contribution is -2.39. The molecule has 0 fully saturated rings. The van der Waals surface area contributed by atoms with Gasteiger partial charge in [0.1, 0.15) is 18.1 Å². The van der Waals surface area contributed by atoms with Gasteiger partial charge in [0, 0.05) is 6.42 Å². The molecule has 0 aromatic heterocycles. The van der Waals surface area contributed by atoms with Gasteiger partial charge in [0.2, 0.25) is 0 Å². The number of allylic oxidation sites excluding steroid dienone is 1. The summed E-state index contributed by atoms with van der Waals surface area (Å²) in [5.41, 5.74) is 1.19. The minimum Gasteiger partial charge on any atom is -0.487 e. The van der Waals surface area contributed by atoms with Crippen molar-refractivity contribution in [2.45, 2.75) is 32.0 Å². The maximum absolute atomic E-state index is 10.3. The van der Waals surface area contributed by atoms with Crippen molar-refractivity contribution in [1.29, 1.82) is 0 Å². The van der Waals surface area contributed by atoms with Crippen LogP contribution in [0.4, 0.5) is 0 Å². The second-order valence-electron chi connectivity index (χ2n) is 4.83. The fraction of sp³-hybridized carbons (Fsp3) is 0.357. The Bertz CT molecular complexity index is 455. The van der Waals surface area contributed by atoms with Crippen LogP contribution in [0.3, 0.4) is 0 Å². The van der Waals surface area contributed by atoms with E-state index in [4.69, 9.17) is 4.74 Å². The summed E-state index contributed by atoms with van der Waals surface area (Å²) in [7, 11) is 0. The van der Waals surface area contributed by atoms with Gasteiger partial charge in [-0.15, -0.1) is 0 Å². The zero-order chi connectivity index (χ0) is 12.5. The van der Waals surface area contributed by atoms with Crippen LogP contribution in [0.1, 0.15) is 25.0 Å². The summed E-state index contributed by atoms with van der Waals surface area (Å²) in [6.07, 6.45) is 4.46. The van der Waals surface area contributed by atoms with Crippen LogP contribution in [0, 0.1) is 0 Å². The van der Waals surface area contributed by atoms with E-state index in [2.05, 4.69) is 0 Å². The van der Waals surface area contributed by atoms with Crippen molar-refractivity contribution >= 4 is 12.4 Å². The first kappa shape index (κ1) is 11.9. The maximum Gasteiger partial charge on any atom is 0.142 e. The van der Waals surface area contributed by atoms with Gasteiger partial charge in [-0.1, -0.05) is 12.1 Å². The van der Waals surface area contributed by atoms with Gasteiger partial charge in [-0.25, -0.2) is 0 Å². The third-order valence-electron chi connectivity index (χ3n) is 2.91. The van der Waals surface area contributed by atoms with Crippen molar-refractivity contribution in [1.82, 2.24) is 0 Å². The van der Waals surface area contributed by atoms with Gasteiger partial charge < -0.3 is 9.84 Å². The Labute approximate surface area is 101 Å². The van der Waals surface area contributed by atoms with E-state index >= 15 is 0 Å². The van der Waals surface area contributed by atoms with Gasteiger partial charge in [0.15, 0.2) is 0 Å². The zero-order valence-corrected chi connectivity index (χ0v) is 10.0. The molecule has 1 N–H and O–H groups in total. The minimum absolute atomic E-state index is 0.206. The van der Waals surface area contributed by atoms with Gasteiger partial charge in [-0.2, -0.15) is 0 Å². The first-order chi connectivity index (χ1) is 8.00. The van der Waals surface area contributed by atoms with Gasteiger partial charge in [-0.3, -0.25) is 4.79 Å². The smallest absolute Gasteiger partial charge is 0.142 e. The van der Waals surface area contributed by atoms with Crippen molar-refractivity contribution in [3.8, 4) is 5.75 Å². The Morgan fingerprint density at radius 2 is 2.24 bits per heavy atom. The van der Waals surface area contributed by atoms with Crippen LogP contribution in [0.15, 0.2) is 24.3 Å². The molecule has 0 saturated heterocycles. The summed E-state index contributed by atoms with van der Waals surface area (Å²) in [5, 5.41) is 9.91. The van der Waals surface area contributed by atoms with Gasteiger partial charge in [0.05, 0.1) is 5.60 Å². The Hall–Kier alpha value is -1.61. The van der Waals surface area contributed by atoms with Crippen molar-refractivity contribution < 1.29 is 14.6 Å². The second kappa shape index (κ2) is 4.34. The largest absolute Gasteiger partial charge is 0.487 e. The van der Waals surface area contributed by atoms with Crippen molar-refractivity contribution in [3.05, 3.63) is 35.4 Å². The van der Waals surface area contributed by atoms with Crippen LogP contribution in [-0.2, 0) is 11.2 Å². The molecular weight excluding hydrogens is 216 g/mol. The SMILES string of the molecule is CC(C)(O)[C@@H]1Cc2cc(/C=C\C=O)ccc2O1. The van der Waals surface area contributed by atoms with Gasteiger partial charge in [0.25, 0.3) is 0 Å². The van der Waals surface area contributed by atoms with E-state index in [-0.39, 0.29) is 6.10 Å². The number of rotatable bonds is 3. The number of fused-ring (bicyclic) bond motifs is 1. The lowest BCUT2D eigenvalue weighted by Gasteiger charge is -2.24. The fourth-order valence-corrected chi connectivity index (χ4v) is 1.92. The molecule has 1 aliphatic rings. The molecule has 90 valence electrons. The van der Waals surface area contributed by atoms with E-state index in [9.17, 15) is 9.90 Å². The number of aliphatic hydroxyl groups is 1. The highest BCUT2D eigenvalue weighted by molar-refractivity contribution is 5.74. The molecule has 1 atom stereocenters. The van der Waals surface area contributed by atoms with E-state index in [0.29, 0.717) is 6.42 Å². The predicted octanol–water partition coefficient (Wildman–Crippen LogP) is 1.97. The number of hydrogen-bond donors (Lipinski definition) is 1. The quantitative estimate of drug-likeness (QED) is 0.640. The normalized spacial score (nSPS) is 19.1. The molecule has 0 radical (unpaired) electrons. The van der Waals surface area contributed by atoms with E-state index < -0.39 is 5.60 Å². The number of ether oxygens (including phenoxy) is 1. The molecule has 0 bridgehead atoms.